The largest absolute Gasteiger partial charge is 0.377 e. The van der Waals surface area contributed by atoms with Crippen LogP contribution in [0.15, 0.2) is 54.6 Å². The smallest absolute Gasteiger partial charge is 0.169 e. The number of benzene rings is 2. The van der Waals surface area contributed by atoms with Gasteiger partial charge in [-0.25, -0.2) is 0 Å². The van der Waals surface area contributed by atoms with E-state index >= 15 is 0 Å². The number of Topliss-reactive ketones (excluding diaryl/α,β-unsaturated/α-hetero) is 1. The van der Waals surface area contributed by atoms with Gasteiger partial charge in [0.25, 0.3) is 0 Å². The maximum atomic E-state index is 13.3. The fraction of sp³-hybridized carbons (Fsp3) is 0.500. The van der Waals surface area contributed by atoms with Crippen LogP contribution in [0.1, 0.15) is 61.6 Å². The predicted molar refractivity (Wildman–Crippen MR) is 116 cm³/mol. The van der Waals surface area contributed by atoms with Crippen LogP contribution >= 0.6 is 0 Å². The Morgan fingerprint density at radius 1 is 1.00 bits per heavy atom. The van der Waals surface area contributed by atoms with Gasteiger partial charge in [0.2, 0.25) is 0 Å². The van der Waals surface area contributed by atoms with Crippen molar-refractivity contribution in [2.45, 2.75) is 63.5 Å². The number of carbonyl (C=O) groups excluding carboxylic acids is 1. The minimum absolute atomic E-state index is 0.0524. The van der Waals surface area contributed by atoms with Crippen LogP contribution in [-0.4, -0.2) is 17.4 Å². The van der Waals surface area contributed by atoms with Crippen LogP contribution in [-0.2, 0) is 23.4 Å². The van der Waals surface area contributed by atoms with Gasteiger partial charge >= 0.3 is 0 Å². The van der Waals surface area contributed by atoms with E-state index in [0.717, 1.165) is 63.6 Å². The molecule has 2 aromatic rings. The van der Waals surface area contributed by atoms with Crippen LogP contribution in [0, 0.1) is 11.8 Å². The Morgan fingerprint density at radius 3 is 2.52 bits per heavy atom. The molecule has 0 radical (unpaired) electrons. The number of carbonyl (C=O) groups is 1. The zero-order valence-electron chi connectivity index (χ0n) is 17.3. The molecule has 0 aromatic heterocycles. The number of hydrogen-bond acceptors (Lipinski definition) is 3. The molecule has 0 amide bonds. The molecule has 1 fully saturated rings. The summed E-state index contributed by atoms with van der Waals surface area (Å²) < 4.78 is 0. The first-order valence-corrected chi connectivity index (χ1v) is 11.3. The number of nitrogens with one attached hydrogen (secondary N) is 1. The molecule has 3 nitrogen and oxygen atoms in total. The van der Waals surface area contributed by atoms with Gasteiger partial charge in [-0.1, -0.05) is 61.0 Å². The molecule has 1 saturated carbocycles. The number of rotatable bonds is 7. The lowest BCUT2D eigenvalue weighted by Crippen LogP contribution is -2.48. The molecule has 0 heterocycles. The summed E-state index contributed by atoms with van der Waals surface area (Å²) in [4.78, 5) is 13.3. The molecule has 1 unspecified atom stereocenters. The Labute approximate surface area is 174 Å². The minimum Gasteiger partial charge on any atom is -0.377 e. The third-order valence-electron chi connectivity index (χ3n) is 6.98. The zero-order valence-corrected chi connectivity index (χ0v) is 17.3. The Balaban J connectivity index is 1.37. The number of aliphatic hydroxyl groups is 1. The van der Waals surface area contributed by atoms with Gasteiger partial charge < -0.3 is 10.4 Å². The van der Waals surface area contributed by atoms with Gasteiger partial charge in [-0.15, -0.1) is 0 Å². The van der Waals surface area contributed by atoms with E-state index in [1.54, 1.807) is 0 Å². The Kier molecular flexibility index (Phi) is 6.46. The Morgan fingerprint density at radius 2 is 1.76 bits per heavy atom. The fourth-order valence-corrected chi connectivity index (χ4v) is 5.00. The SMILES string of the molecule is O=C1CC(CCCNCc2ccccc2)CCc2ccccc2[C@]1(O)C1CCC1. The Hall–Kier alpha value is -1.97. The van der Waals surface area contributed by atoms with E-state index in [-0.39, 0.29) is 11.7 Å². The van der Waals surface area contributed by atoms with Crippen LogP contribution in [0.25, 0.3) is 0 Å². The molecular formula is C26H33NO2. The number of aryl methyl sites for hydroxylation is 1. The first kappa shape index (κ1) is 20.3. The predicted octanol–water partition coefficient (Wildman–Crippen LogP) is 4.77. The third kappa shape index (κ3) is 4.46. The molecule has 0 spiro atoms. The van der Waals surface area contributed by atoms with E-state index < -0.39 is 5.60 Å². The van der Waals surface area contributed by atoms with Crippen molar-refractivity contribution in [3.63, 3.8) is 0 Å². The lowest BCUT2D eigenvalue weighted by Gasteiger charge is -2.43. The van der Waals surface area contributed by atoms with Crippen molar-refractivity contribution in [2.75, 3.05) is 6.54 Å². The normalized spacial score (nSPS) is 25.0. The average molecular weight is 392 g/mol. The molecule has 29 heavy (non-hydrogen) atoms. The standard InChI is InChI=1S/C26H33NO2/c28-25-18-20(10-7-17-27-19-21-8-2-1-3-9-21)15-16-22-11-4-5-14-24(22)26(25,29)23-12-6-13-23/h1-5,8-9,11,14,20,23,27,29H,6-7,10,12-13,15-19H2/t20?,26-/m1/s1. The van der Waals surface area contributed by atoms with Gasteiger partial charge in [0.1, 0.15) is 0 Å². The number of hydrogen-bond donors (Lipinski definition) is 2. The van der Waals surface area contributed by atoms with Crippen molar-refractivity contribution in [1.29, 1.82) is 0 Å². The van der Waals surface area contributed by atoms with Crippen molar-refractivity contribution >= 4 is 5.78 Å². The summed E-state index contributed by atoms with van der Waals surface area (Å²) in [5, 5.41) is 15.1. The van der Waals surface area contributed by atoms with E-state index in [4.69, 9.17) is 0 Å². The van der Waals surface area contributed by atoms with Crippen LogP contribution in [0.4, 0.5) is 0 Å². The first-order chi connectivity index (χ1) is 14.2. The third-order valence-corrected chi connectivity index (χ3v) is 6.98. The average Bonchev–Trinajstić information content (AvgIpc) is 2.70. The Bertz CT molecular complexity index is 814. The van der Waals surface area contributed by atoms with Crippen LogP contribution < -0.4 is 5.32 Å². The molecule has 2 aliphatic carbocycles. The van der Waals surface area contributed by atoms with E-state index in [1.807, 2.05) is 24.3 Å². The van der Waals surface area contributed by atoms with Crippen molar-refractivity contribution in [2.24, 2.45) is 11.8 Å². The van der Waals surface area contributed by atoms with E-state index in [2.05, 4.69) is 35.6 Å². The van der Waals surface area contributed by atoms with Crippen LogP contribution in [0.2, 0.25) is 0 Å². The second kappa shape index (κ2) is 9.23. The van der Waals surface area contributed by atoms with Crippen molar-refractivity contribution in [1.82, 2.24) is 5.32 Å². The lowest BCUT2D eigenvalue weighted by molar-refractivity contribution is -0.151. The zero-order chi connectivity index (χ0) is 20.1. The summed E-state index contributed by atoms with van der Waals surface area (Å²) in [6.45, 7) is 1.85. The number of fused-ring (bicyclic) bond motifs is 1. The summed E-state index contributed by atoms with van der Waals surface area (Å²) in [6.07, 6.45) is 7.65. The van der Waals surface area contributed by atoms with E-state index in [0.29, 0.717) is 12.3 Å². The second-order valence-electron chi connectivity index (χ2n) is 8.89. The van der Waals surface area contributed by atoms with E-state index in [1.165, 1.54) is 11.1 Å². The molecule has 2 atom stereocenters. The highest BCUT2D eigenvalue weighted by molar-refractivity contribution is 5.89. The maximum absolute atomic E-state index is 13.3. The molecule has 2 N–H and O–H groups in total. The van der Waals surface area contributed by atoms with Crippen molar-refractivity contribution < 1.29 is 9.90 Å². The fourth-order valence-electron chi connectivity index (χ4n) is 5.00. The molecule has 2 aliphatic rings. The summed E-state index contributed by atoms with van der Waals surface area (Å²) in [5.74, 6) is 0.514. The van der Waals surface area contributed by atoms with Gasteiger partial charge in [-0.05, 0) is 73.6 Å². The van der Waals surface area contributed by atoms with Gasteiger partial charge in [-0.3, -0.25) is 4.79 Å². The highest BCUT2D eigenvalue weighted by Gasteiger charge is 2.49. The quantitative estimate of drug-likeness (QED) is 0.669. The van der Waals surface area contributed by atoms with Gasteiger partial charge in [-0.2, -0.15) is 0 Å². The lowest BCUT2D eigenvalue weighted by atomic mass is 9.64. The molecular weight excluding hydrogens is 358 g/mol. The summed E-state index contributed by atoms with van der Waals surface area (Å²) in [5.41, 5.74) is 2.09. The summed E-state index contributed by atoms with van der Waals surface area (Å²) in [6, 6.07) is 18.5. The molecule has 4 rings (SSSR count). The molecule has 0 aliphatic heterocycles. The molecule has 0 saturated heterocycles. The molecule has 154 valence electrons. The molecule has 0 bridgehead atoms. The highest BCUT2D eigenvalue weighted by atomic mass is 16.3. The van der Waals surface area contributed by atoms with Crippen LogP contribution in [0.3, 0.4) is 0 Å². The molecule has 2 aromatic carbocycles. The maximum Gasteiger partial charge on any atom is 0.169 e. The highest BCUT2D eigenvalue weighted by Crippen LogP contribution is 2.46. The topological polar surface area (TPSA) is 49.3 Å². The monoisotopic (exact) mass is 391 g/mol. The van der Waals surface area contributed by atoms with Crippen molar-refractivity contribution in [3.05, 3.63) is 71.3 Å². The number of ketones is 1. The van der Waals surface area contributed by atoms with Gasteiger partial charge in [0.15, 0.2) is 11.4 Å². The van der Waals surface area contributed by atoms with E-state index in [9.17, 15) is 9.90 Å². The minimum atomic E-state index is -1.26. The van der Waals surface area contributed by atoms with Crippen LogP contribution in [0.5, 0.6) is 0 Å². The van der Waals surface area contributed by atoms with Gasteiger partial charge in [0.05, 0.1) is 0 Å². The first-order valence-electron chi connectivity index (χ1n) is 11.3. The van der Waals surface area contributed by atoms with Crippen molar-refractivity contribution in [3.8, 4) is 0 Å². The summed E-state index contributed by atoms with van der Waals surface area (Å²) >= 11 is 0. The summed E-state index contributed by atoms with van der Waals surface area (Å²) in [7, 11) is 0. The van der Waals surface area contributed by atoms with Gasteiger partial charge in [0, 0.05) is 13.0 Å². The molecule has 3 heteroatoms. The second-order valence-corrected chi connectivity index (χ2v) is 8.89.